The number of hydrogen-bond acceptors (Lipinski definition) is 5. The van der Waals surface area contributed by atoms with Crippen LogP contribution < -0.4 is 4.90 Å². The lowest BCUT2D eigenvalue weighted by Gasteiger charge is -2.15. The highest BCUT2D eigenvalue weighted by Crippen LogP contribution is 2.21. The first-order valence-electron chi connectivity index (χ1n) is 5.02. The fraction of sp³-hybridized carbons (Fsp3) is 0.600. The molecule has 16 heavy (non-hydrogen) atoms. The van der Waals surface area contributed by atoms with E-state index in [-0.39, 0.29) is 12.2 Å². The quantitative estimate of drug-likeness (QED) is 0.792. The van der Waals surface area contributed by atoms with Gasteiger partial charge >= 0.3 is 0 Å². The molecule has 2 atom stereocenters. The summed E-state index contributed by atoms with van der Waals surface area (Å²) in [4.78, 5) is 10.3. The zero-order chi connectivity index (χ0) is 11.5. The van der Waals surface area contributed by atoms with Gasteiger partial charge in [0.05, 0.1) is 12.4 Å². The van der Waals surface area contributed by atoms with E-state index in [1.54, 1.807) is 20.4 Å². The molecule has 0 N–H and O–H groups in total. The molecule has 1 aliphatic rings. The first-order chi connectivity index (χ1) is 7.74. The third kappa shape index (κ3) is 2.26. The number of rotatable bonds is 3. The third-order valence-electron chi connectivity index (χ3n) is 2.74. The molecule has 1 aromatic rings. The summed E-state index contributed by atoms with van der Waals surface area (Å²) >= 11 is 5.80. The maximum atomic E-state index is 5.80. The summed E-state index contributed by atoms with van der Waals surface area (Å²) in [6.07, 6.45) is 3.33. The van der Waals surface area contributed by atoms with Gasteiger partial charge in [0, 0.05) is 27.3 Å². The number of methoxy groups -OCH3 is 2. The highest BCUT2D eigenvalue weighted by atomic mass is 35.5. The predicted molar refractivity (Wildman–Crippen MR) is 60.8 cm³/mol. The summed E-state index contributed by atoms with van der Waals surface area (Å²) in [6.45, 7) is 1.48. The normalized spacial score (nSPS) is 25.1. The van der Waals surface area contributed by atoms with Crippen LogP contribution in [0.2, 0.25) is 5.15 Å². The molecule has 88 valence electrons. The van der Waals surface area contributed by atoms with Crippen LogP contribution in [0, 0.1) is 0 Å². The van der Waals surface area contributed by atoms with Crippen molar-refractivity contribution in [2.24, 2.45) is 0 Å². The molecule has 2 unspecified atom stereocenters. The molecular weight excluding hydrogens is 230 g/mol. The Morgan fingerprint density at radius 3 is 2.38 bits per heavy atom. The number of ether oxygens (including phenoxy) is 2. The van der Waals surface area contributed by atoms with Gasteiger partial charge in [-0.2, -0.15) is 0 Å². The van der Waals surface area contributed by atoms with Gasteiger partial charge in [-0.05, 0) is 0 Å². The second-order valence-corrected chi connectivity index (χ2v) is 4.04. The minimum Gasteiger partial charge on any atom is -0.377 e. The average Bonchev–Trinajstić information content (AvgIpc) is 2.72. The van der Waals surface area contributed by atoms with E-state index in [2.05, 4.69) is 14.9 Å². The Hall–Kier alpha value is -0.910. The molecule has 0 aliphatic carbocycles. The van der Waals surface area contributed by atoms with Crippen molar-refractivity contribution in [2.45, 2.75) is 12.2 Å². The third-order valence-corrected chi connectivity index (χ3v) is 2.92. The monoisotopic (exact) mass is 243 g/mol. The van der Waals surface area contributed by atoms with Crippen molar-refractivity contribution in [1.82, 2.24) is 9.97 Å². The number of nitrogens with zero attached hydrogens (tertiary/aromatic N) is 3. The molecule has 1 aromatic heterocycles. The summed E-state index contributed by atoms with van der Waals surface area (Å²) in [7, 11) is 3.37. The first-order valence-corrected chi connectivity index (χ1v) is 5.40. The number of halogens is 1. The van der Waals surface area contributed by atoms with Crippen molar-refractivity contribution in [2.75, 3.05) is 32.2 Å². The second-order valence-electron chi connectivity index (χ2n) is 3.65. The standard InChI is InChI=1S/C10H14ClN3O2/c1-15-7-5-14(6-8(7)16-2)10-4-12-3-9(11)13-10/h3-4,7-8H,5-6H2,1-2H3. The fourth-order valence-electron chi connectivity index (χ4n) is 1.87. The van der Waals surface area contributed by atoms with Crippen LogP contribution in [-0.4, -0.2) is 49.5 Å². The molecule has 1 aliphatic heterocycles. The Bertz CT molecular complexity index is 352. The van der Waals surface area contributed by atoms with Gasteiger partial charge < -0.3 is 14.4 Å². The fourth-order valence-corrected chi connectivity index (χ4v) is 2.01. The van der Waals surface area contributed by atoms with E-state index < -0.39 is 0 Å². The zero-order valence-corrected chi connectivity index (χ0v) is 10.0. The van der Waals surface area contributed by atoms with Crippen LogP contribution >= 0.6 is 11.6 Å². The molecule has 0 amide bonds. The molecule has 5 nitrogen and oxygen atoms in total. The highest BCUT2D eigenvalue weighted by molar-refractivity contribution is 6.29. The van der Waals surface area contributed by atoms with Crippen LogP contribution in [-0.2, 0) is 9.47 Å². The lowest BCUT2D eigenvalue weighted by Crippen LogP contribution is -2.27. The second kappa shape index (κ2) is 4.95. The minimum atomic E-state index is 0.0609. The van der Waals surface area contributed by atoms with E-state index in [0.29, 0.717) is 5.15 Å². The van der Waals surface area contributed by atoms with Crippen molar-refractivity contribution in [3.63, 3.8) is 0 Å². The van der Waals surface area contributed by atoms with Crippen molar-refractivity contribution in [3.8, 4) is 0 Å². The maximum absolute atomic E-state index is 5.80. The Balaban J connectivity index is 2.12. The first kappa shape index (κ1) is 11.6. The van der Waals surface area contributed by atoms with Crippen LogP contribution in [0.15, 0.2) is 12.4 Å². The Morgan fingerprint density at radius 2 is 1.88 bits per heavy atom. The van der Waals surface area contributed by atoms with Gasteiger partial charge in [-0.1, -0.05) is 11.6 Å². The van der Waals surface area contributed by atoms with Crippen LogP contribution in [0.3, 0.4) is 0 Å². The van der Waals surface area contributed by atoms with E-state index in [4.69, 9.17) is 21.1 Å². The van der Waals surface area contributed by atoms with Crippen molar-refractivity contribution in [3.05, 3.63) is 17.5 Å². The molecule has 0 saturated carbocycles. The van der Waals surface area contributed by atoms with Crippen LogP contribution in [0.1, 0.15) is 0 Å². The van der Waals surface area contributed by atoms with Crippen molar-refractivity contribution < 1.29 is 9.47 Å². The molecule has 6 heteroatoms. The smallest absolute Gasteiger partial charge is 0.149 e. The van der Waals surface area contributed by atoms with Gasteiger partial charge in [0.15, 0.2) is 0 Å². The molecule has 1 fully saturated rings. The van der Waals surface area contributed by atoms with E-state index in [1.807, 2.05) is 0 Å². The Kier molecular flexibility index (Phi) is 3.58. The molecule has 1 saturated heterocycles. The Morgan fingerprint density at radius 1 is 1.25 bits per heavy atom. The van der Waals surface area contributed by atoms with E-state index in [0.717, 1.165) is 18.9 Å². The lowest BCUT2D eigenvalue weighted by molar-refractivity contribution is -0.00461. The number of aromatic nitrogens is 2. The molecule has 0 radical (unpaired) electrons. The van der Waals surface area contributed by atoms with Crippen LogP contribution in [0.5, 0.6) is 0 Å². The van der Waals surface area contributed by atoms with Gasteiger partial charge in [0.2, 0.25) is 0 Å². The van der Waals surface area contributed by atoms with Crippen LogP contribution in [0.25, 0.3) is 0 Å². The van der Waals surface area contributed by atoms with Gasteiger partial charge in [0.25, 0.3) is 0 Å². The SMILES string of the molecule is COC1CN(c2cncc(Cl)n2)CC1OC. The molecular formula is C10H14ClN3O2. The lowest BCUT2D eigenvalue weighted by atomic mass is 10.3. The summed E-state index contributed by atoms with van der Waals surface area (Å²) in [6, 6.07) is 0. The van der Waals surface area contributed by atoms with E-state index in [1.165, 1.54) is 6.20 Å². The van der Waals surface area contributed by atoms with Gasteiger partial charge in [-0.3, -0.25) is 4.98 Å². The molecule has 2 heterocycles. The van der Waals surface area contributed by atoms with Crippen molar-refractivity contribution in [1.29, 1.82) is 0 Å². The minimum absolute atomic E-state index is 0.0609. The maximum Gasteiger partial charge on any atom is 0.149 e. The highest BCUT2D eigenvalue weighted by Gasteiger charge is 2.33. The predicted octanol–water partition coefficient (Wildman–Crippen LogP) is 0.980. The van der Waals surface area contributed by atoms with E-state index >= 15 is 0 Å². The van der Waals surface area contributed by atoms with Gasteiger partial charge in [0.1, 0.15) is 23.2 Å². The van der Waals surface area contributed by atoms with Gasteiger partial charge in [-0.15, -0.1) is 0 Å². The molecule has 2 rings (SSSR count). The van der Waals surface area contributed by atoms with Crippen molar-refractivity contribution >= 4 is 17.4 Å². The van der Waals surface area contributed by atoms with Crippen LogP contribution in [0.4, 0.5) is 5.82 Å². The summed E-state index contributed by atoms with van der Waals surface area (Å²) in [5.41, 5.74) is 0. The number of anilines is 1. The topological polar surface area (TPSA) is 47.5 Å². The Labute approximate surface area is 99.3 Å². The van der Waals surface area contributed by atoms with E-state index in [9.17, 15) is 0 Å². The molecule has 0 bridgehead atoms. The summed E-state index contributed by atoms with van der Waals surface area (Å²) in [5, 5.41) is 0.396. The molecule has 0 aromatic carbocycles. The average molecular weight is 244 g/mol. The summed E-state index contributed by atoms with van der Waals surface area (Å²) in [5.74, 6) is 0.758. The zero-order valence-electron chi connectivity index (χ0n) is 9.26. The number of hydrogen-bond donors (Lipinski definition) is 0. The largest absolute Gasteiger partial charge is 0.377 e. The molecule has 0 spiro atoms. The van der Waals surface area contributed by atoms with Gasteiger partial charge in [-0.25, -0.2) is 4.98 Å². The summed E-state index contributed by atoms with van der Waals surface area (Å²) < 4.78 is 10.7.